The molecule has 0 bridgehead atoms. The molecule has 4 rings (SSSR count). The van der Waals surface area contributed by atoms with Crippen LogP contribution in [0.5, 0.6) is 0 Å². The normalized spacial score (nSPS) is 11.1. The van der Waals surface area contributed by atoms with Gasteiger partial charge in [0.05, 0.1) is 10.6 Å². The minimum atomic E-state index is -3.74. The third-order valence-corrected chi connectivity index (χ3v) is 6.70. The number of carbonyl (C=O) groups excluding carboxylic acids is 1. The van der Waals surface area contributed by atoms with Gasteiger partial charge in [-0.25, -0.2) is 8.42 Å². The monoisotopic (exact) mass is 456 g/mol. The van der Waals surface area contributed by atoms with Gasteiger partial charge in [-0.1, -0.05) is 54.6 Å². The zero-order valence-corrected chi connectivity index (χ0v) is 19.2. The molecule has 0 heterocycles. The van der Waals surface area contributed by atoms with E-state index in [2.05, 4.69) is 10.0 Å². The summed E-state index contributed by atoms with van der Waals surface area (Å²) in [5, 5.41) is 2.81. The zero-order chi connectivity index (χ0) is 23.4. The Hall–Kier alpha value is -3.90. The molecule has 4 aromatic rings. The van der Waals surface area contributed by atoms with Crippen LogP contribution in [0.4, 0.5) is 11.4 Å². The Balaban J connectivity index is 1.45. The lowest BCUT2D eigenvalue weighted by molar-refractivity contribution is 0.102. The second kappa shape index (κ2) is 9.30. The molecule has 166 valence electrons. The fraction of sp³-hybridized carbons (Fsp3) is 0.0741. The number of hydrogen-bond donors (Lipinski definition) is 2. The lowest BCUT2D eigenvalue weighted by Gasteiger charge is -2.12. The van der Waals surface area contributed by atoms with Crippen LogP contribution in [0.3, 0.4) is 0 Å². The Bertz CT molecular complexity index is 1380. The highest BCUT2D eigenvalue weighted by molar-refractivity contribution is 7.92. The van der Waals surface area contributed by atoms with E-state index < -0.39 is 10.0 Å². The topological polar surface area (TPSA) is 75.3 Å². The summed E-state index contributed by atoms with van der Waals surface area (Å²) in [6, 6.07) is 29.0. The van der Waals surface area contributed by atoms with E-state index in [4.69, 9.17) is 0 Å². The van der Waals surface area contributed by atoms with Crippen molar-refractivity contribution in [3.8, 4) is 11.1 Å². The van der Waals surface area contributed by atoms with E-state index in [0.717, 1.165) is 22.3 Å². The fourth-order valence-electron chi connectivity index (χ4n) is 3.41. The van der Waals surface area contributed by atoms with Gasteiger partial charge in [0.15, 0.2) is 0 Å². The summed E-state index contributed by atoms with van der Waals surface area (Å²) in [5.41, 5.74) is 5.49. The lowest BCUT2D eigenvalue weighted by Crippen LogP contribution is -2.15. The Morgan fingerprint density at radius 3 is 2.03 bits per heavy atom. The second-order valence-corrected chi connectivity index (χ2v) is 9.53. The molecule has 0 saturated heterocycles. The Labute approximate surface area is 194 Å². The van der Waals surface area contributed by atoms with Crippen LogP contribution in [0.25, 0.3) is 11.1 Å². The third-order valence-electron chi connectivity index (χ3n) is 5.31. The molecule has 5 nitrogen and oxygen atoms in total. The van der Waals surface area contributed by atoms with E-state index >= 15 is 0 Å². The first-order valence-electron chi connectivity index (χ1n) is 10.5. The quantitative estimate of drug-likeness (QED) is 0.372. The summed E-state index contributed by atoms with van der Waals surface area (Å²) in [6.07, 6.45) is 0. The number of hydrogen-bond acceptors (Lipinski definition) is 3. The Morgan fingerprint density at radius 2 is 1.36 bits per heavy atom. The largest absolute Gasteiger partial charge is 0.322 e. The molecule has 0 aromatic heterocycles. The first-order valence-corrected chi connectivity index (χ1v) is 12.0. The number of nitrogens with one attached hydrogen (secondary N) is 2. The molecule has 0 saturated carbocycles. The molecule has 0 unspecified atom stereocenters. The predicted octanol–water partition coefficient (Wildman–Crippen LogP) is 6.02. The summed E-state index contributed by atoms with van der Waals surface area (Å²) >= 11 is 0. The van der Waals surface area contributed by atoms with Gasteiger partial charge in [0.2, 0.25) is 0 Å². The van der Waals surface area contributed by atoms with Crippen molar-refractivity contribution in [1.29, 1.82) is 0 Å². The van der Waals surface area contributed by atoms with Gasteiger partial charge in [0, 0.05) is 11.3 Å². The molecule has 1 amide bonds. The summed E-state index contributed by atoms with van der Waals surface area (Å²) in [4.78, 5) is 12.7. The van der Waals surface area contributed by atoms with Crippen LogP contribution in [0.2, 0.25) is 0 Å². The number of amides is 1. The van der Waals surface area contributed by atoms with Gasteiger partial charge in [0.25, 0.3) is 15.9 Å². The van der Waals surface area contributed by atoms with Gasteiger partial charge < -0.3 is 5.32 Å². The number of aryl methyl sites for hydroxylation is 2. The minimum Gasteiger partial charge on any atom is -0.322 e. The molecule has 0 atom stereocenters. The fourth-order valence-corrected chi connectivity index (χ4v) is 4.54. The number of benzene rings is 4. The minimum absolute atomic E-state index is 0.119. The van der Waals surface area contributed by atoms with Crippen molar-refractivity contribution in [2.24, 2.45) is 0 Å². The third kappa shape index (κ3) is 5.30. The van der Waals surface area contributed by atoms with E-state index in [1.54, 1.807) is 30.3 Å². The number of rotatable bonds is 6. The van der Waals surface area contributed by atoms with Crippen molar-refractivity contribution >= 4 is 27.3 Å². The van der Waals surface area contributed by atoms with Crippen molar-refractivity contribution in [1.82, 2.24) is 0 Å². The van der Waals surface area contributed by atoms with Crippen LogP contribution in [0, 0.1) is 13.8 Å². The van der Waals surface area contributed by atoms with E-state index in [-0.39, 0.29) is 10.8 Å². The van der Waals surface area contributed by atoms with Crippen LogP contribution in [-0.2, 0) is 10.0 Å². The predicted molar refractivity (Wildman–Crippen MR) is 133 cm³/mol. The summed E-state index contributed by atoms with van der Waals surface area (Å²) in [5.74, 6) is -0.265. The van der Waals surface area contributed by atoms with Gasteiger partial charge in [-0.15, -0.1) is 0 Å². The van der Waals surface area contributed by atoms with Crippen LogP contribution < -0.4 is 10.0 Å². The van der Waals surface area contributed by atoms with Crippen molar-refractivity contribution in [2.45, 2.75) is 18.7 Å². The van der Waals surface area contributed by atoms with Crippen LogP contribution in [-0.4, -0.2) is 14.3 Å². The van der Waals surface area contributed by atoms with E-state index in [1.165, 1.54) is 12.1 Å². The SMILES string of the molecule is Cc1ccc(C)c(NS(=O)(=O)c2ccc(NC(=O)c3ccc(-c4ccccc4)cc3)cc2)c1. The highest BCUT2D eigenvalue weighted by atomic mass is 32.2. The Kier molecular flexibility index (Phi) is 6.29. The Morgan fingerprint density at radius 1 is 0.727 bits per heavy atom. The van der Waals surface area contributed by atoms with Crippen LogP contribution >= 0.6 is 0 Å². The van der Waals surface area contributed by atoms with Crippen molar-refractivity contribution in [3.63, 3.8) is 0 Å². The van der Waals surface area contributed by atoms with Gasteiger partial charge >= 0.3 is 0 Å². The molecule has 6 heteroatoms. The van der Waals surface area contributed by atoms with Crippen LogP contribution in [0.15, 0.2) is 102 Å². The molecule has 0 aliphatic heterocycles. The molecular formula is C27H24N2O3S. The molecule has 2 N–H and O–H groups in total. The first kappa shape index (κ1) is 22.3. The molecule has 0 aliphatic rings. The van der Waals surface area contributed by atoms with Gasteiger partial charge in [-0.2, -0.15) is 0 Å². The van der Waals surface area contributed by atoms with Crippen molar-refractivity contribution in [3.05, 3.63) is 114 Å². The van der Waals surface area contributed by atoms with Gasteiger partial charge in [-0.05, 0) is 78.6 Å². The smallest absolute Gasteiger partial charge is 0.261 e. The number of sulfonamides is 1. The average Bonchev–Trinajstić information content (AvgIpc) is 2.82. The molecule has 4 aromatic carbocycles. The van der Waals surface area contributed by atoms with Crippen LogP contribution in [0.1, 0.15) is 21.5 Å². The zero-order valence-electron chi connectivity index (χ0n) is 18.4. The van der Waals surface area contributed by atoms with Gasteiger partial charge in [0.1, 0.15) is 0 Å². The molecule has 0 fully saturated rings. The van der Waals surface area contributed by atoms with Crippen molar-refractivity contribution in [2.75, 3.05) is 10.0 Å². The van der Waals surface area contributed by atoms with Crippen molar-refractivity contribution < 1.29 is 13.2 Å². The van der Waals surface area contributed by atoms with Gasteiger partial charge in [-0.3, -0.25) is 9.52 Å². The average molecular weight is 457 g/mol. The highest BCUT2D eigenvalue weighted by Gasteiger charge is 2.16. The maximum absolute atomic E-state index is 12.8. The summed E-state index contributed by atoms with van der Waals surface area (Å²) in [6.45, 7) is 3.76. The molecule has 0 aliphatic carbocycles. The molecule has 33 heavy (non-hydrogen) atoms. The molecule has 0 spiro atoms. The van der Waals surface area contributed by atoms with E-state index in [1.807, 2.05) is 68.4 Å². The second-order valence-electron chi connectivity index (χ2n) is 7.85. The maximum Gasteiger partial charge on any atom is 0.261 e. The summed E-state index contributed by atoms with van der Waals surface area (Å²) in [7, 11) is -3.74. The van der Waals surface area contributed by atoms with E-state index in [0.29, 0.717) is 16.9 Å². The first-order chi connectivity index (χ1) is 15.8. The standard InChI is InChI=1S/C27H24N2O3S/c1-19-8-9-20(2)26(18-19)29-33(31,32)25-16-14-24(15-17-25)28-27(30)23-12-10-22(11-13-23)21-6-4-3-5-7-21/h3-18,29H,1-2H3,(H,28,30). The summed E-state index contributed by atoms with van der Waals surface area (Å²) < 4.78 is 28.2. The molecular weight excluding hydrogens is 432 g/mol. The number of anilines is 2. The maximum atomic E-state index is 12.8. The van der Waals surface area contributed by atoms with E-state index in [9.17, 15) is 13.2 Å². The lowest BCUT2D eigenvalue weighted by atomic mass is 10.0. The molecule has 0 radical (unpaired) electrons. The highest BCUT2D eigenvalue weighted by Crippen LogP contribution is 2.23. The number of carbonyl (C=O) groups is 1.